The van der Waals surface area contributed by atoms with E-state index in [1.54, 1.807) is 0 Å². The topological polar surface area (TPSA) is 55.3 Å². The summed E-state index contributed by atoms with van der Waals surface area (Å²) in [7, 11) is 0. The predicted molar refractivity (Wildman–Crippen MR) is 33.2 cm³/mol. The van der Waals surface area contributed by atoms with Crippen molar-refractivity contribution in [2.75, 3.05) is 13.1 Å². The Hall–Kier alpha value is -0.190. The summed E-state index contributed by atoms with van der Waals surface area (Å²) < 4.78 is 12.5. The normalized spacial score (nSPS) is 39.0. The maximum Gasteiger partial charge on any atom is 0.116 e. The average Bonchev–Trinajstić information content (AvgIpc) is 1.59. The van der Waals surface area contributed by atoms with Gasteiger partial charge in [-0.3, -0.25) is 5.84 Å². The van der Waals surface area contributed by atoms with Gasteiger partial charge in [-0.25, -0.2) is 9.40 Å². The van der Waals surface area contributed by atoms with E-state index in [4.69, 9.17) is 11.6 Å². The van der Waals surface area contributed by atoms with Crippen molar-refractivity contribution < 1.29 is 4.39 Å². The monoisotopic (exact) mass is 133 g/mol. The van der Waals surface area contributed by atoms with E-state index in [-0.39, 0.29) is 6.04 Å². The molecule has 1 aliphatic rings. The Balaban J connectivity index is 2.34. The van der Waals surface area contributed by atoms with Gasteiger partial charge in [0.05, 0.1) is 0 Å². The highest BCUT2D eigenvalue weighted by molar-refractivity contribution is 4.77. The predicted octanol–water partition coefficient (Wildman–Crippen LogP) is -0.769. The summed E-state index contributed by atoms with van der Waals surface area (Å²) >= 11 is 0. The van der Waals surface area contributed by atoms with Crippen molar-refractivity contribution in [1.82, 2.24) is 5.01 Å². The Labute approximate surface area is 53.8 Å². The molecule has 0 aliphatic carbocycles. The molecule has 0 bridgehead atoms. The van der Waals surface area contributed by atoms with Gasteiger partial charge in [-0.2, -0.15) is 0 Å². The molecular weight excluding hydrogens is 121 g/mol. The van der Waals surface area contributed by atoms with Crippen LogP contribution < -0.4 is 11.6 Å². The van der Waals surface area contributed by atoms with Crippen LogP contribution in [0, 0.1) is 0 Å². The lowest BCUT2D eigenvalue weighted by molar-refractivity contribution is 0.125. The maximum absolute atomic E-state index is 12.5. The van der Waals surface area contributed by atoms with Gasteiger partial charge < -0.3 is 5.73 Å². The highest BCUT2D eigenvalue weighted by atomic mass is 19.1. The molecule has 1 saturated heterocycles. The SMILES string of the molecule is N[C@@H]1C[C@@H](F)CN(N)C1. The van der Waals surface area contributed by atoms with Crippen LogP contribution >= 0.6 is 0 Å². The van der Waals surface area contributed by atoms with E-state index >= 15 is 0 Å². The molecule has 1 fully saturated rings. The van der Waals surface area contributed by atoms with Crippen LogP contribution in [0.1, 0.15) is 6.42 Å². The quantitative estimate of drug-likeness (QED) is 0.427. The molecular formula is C5H12FN3. The van der Waals surface area contributed by atoms with Crippen LogP contribution in [0.2, 0.25) is 0 Å². The summed E-state index contributed by atoms with van der Waals surface area (Å²) in [6, 6.07) is -0.0845. The van der Waals surface area contributed by atoms with Gasteiger partial charge in [-0.05, 0) is 6.42 Å². The minimum atomic E-state index is -0.834. The summed E-state index contributed by atoms with van der Waals surface area (Å²) in [6.07, 6.45) is -0.382. The maximum atomic E-state index is 12.5. The summed E-state index contributed by atoms with van der Waals surface area (Å²) in [4.78, 5) is 0. The number of rotatable bonds is 0. The first-order valence-corrected chi connectivity index (χ1v) is 3.08. The van der Waals surface area contributed by atoms with E-state index in [1.807, 2.05) is 0 Å². The van der Waals surface area contributed by atoms with Crippen molar-refractivity contribution in [3.05, 3.63) is 0 Å². The highest BCUT2D eigenvalue weighted by Crippen LogP contribution is 2.08. The summed E-state index contributed by atoms with van der Waals surface area (Å²) in [5, 5.41) is 1.43. The van der Waals surface area contributed by atoms with E-state index in [9.17, 15) is 4.39 Å². The van der Waals surface area contributed by atoms with Gasteiger partial charge in [0, 0.05) is 19.1 Å². The second-order valence-electron chi connectivity index (χ2n) is 2.55. The van der Waals surface area contributed by atoms with Gasteiger partial charge in [0.2, 0.25) is 0 Å². The number of nitrogens with two attached hydrogens (primary N) is 2. The van der Waals surface area contributed by atoms with Crippen molar-refractivity contribution in [3.8, 4) is 0 Å². The molecule has 1 rings (SSSR count). The van der Waals surface area contributed by atoms with E-state index in [0.717, 1.165) is 0 Å². The molecule has 0 radical (unpaired) electrons. The summed E-state index contributed by atoms with van der Waals surface area (Å²) in [5.74, 6) is 5.33. The molecule has 4 heteroatoms. The molecule has 9 heavy (non-hydrogen) atoms. The number of hydrogen-bond donors (Lipinski definition) is 2. The largest absolute Gasteiger partial charge is 0.326 e. The van der Waals surface area contributed by atoms with Gasteiger partial charge in [-0.15, -0.1) is 0 Å². The molecule has 0 amide bonds. The fraction of sp³-hybridized carbons (Fsp3) is 1.00. The first-order valence-electron chi connectivity index (χ1n) is 3.08. The Morgan fingerprint density at radius 2 is 2.11 bits per heavy atom. The third kappa shape index (κ3) is 1.89. The fourth-order valence-corrected chi connectivity index (χ4v) is 1.11. The number of hydrogen-bond acceptors (Lipinski definition) is 3. The third-order valence-electron chi connectivity index (χ3n) is 1.46. The molecule has 1 aliphatic heterocycles. The molecule has 0 aromatic heterocycles. The number of alkyl halides is 1. The second kappa shape index (κ2) is 2.60. The van der Waals surface area contributed by atoms with Crippen molar-refractivity contribution >= 4 is 0 Å². The lowest BCUT2D eigenvalue weighted by Crippen LogP contribution is -2.50. The van der Waals surface area contributed by atoms with Crippen LogP contribution in [0.4, 0.5) is 4.39 Å². The molecule has 3 nitrogen and oxygen atoms in total. The number of hydrazine groups is 1. The molecule has 4 N–H and O–H groups in total. The minimum absolute atomic E-state index is 0.0845. The molecule has 1 heterocycles. The lowest BCUT2D eigenvalue weighted by Gasteiger charge is -2.28. The van der Waals surface area contributed by atoms with Crippen LogP contribution in [0.25, 0.3) is 0 Å². The second-order valence-corrected chi connectivity index (χ2v) is 2.55. The van der Waals surface area contributed by atoms with Gasteiger partial charge >= 0.3 is 0 Å². The van der Waals surface area contributed by atoms with Crippen LogP contribution in [-0.4, -0.2) is 30.3 Å². The van der Waals surface area contributed by atoms with Gasteiger partial charge in [0.15, 0.2) is 0 Å². The highest BCUT2D eigenvalue weighted by Gasteiger charge is 2.21. The zero-order valence-corrected chi connectivity index (χ0v) is 5.26. The molecule has 0 aromatic rings. The zero-order chi connectivity index (χ0) is 6.85. The van der Waals surface area contributed by atoms with E-state index < -0.39 is 6.17 Å². The van der Waals surface area contributed by atoms with E-state index in [0.29, 0.717) is 19.5 Å². The molecule has 2 atom stereocenters. The molecule has 54 valence electrons. The van der Waals surface area contributed by atoms with Crippen LogP contribution in [0.5, 0.6) is 0 Å². The van der Waals surface area contributed by atoms with E-state index in [2.05, 4.69) is 0 Å². The van der Waals surface area contributed by atoms with Crippen LogP contribution in [0.3, 0.4) is 0 Å². The number of piperidine rings is 1. The van der Waals surface area contributed by atoms with Crippen molar-refractivity contribution in [3.63, 3.8) is 0 Å². The van der Waals surface area contributed by atoms with Crippen LogP contribution in [0.15, 0.2) is 0 Å². The summed E-state index contributed by atoms with van der Waals surface area (Å²) in [5.41, 5.74) is 5.45. The number of nitrogens with zero attached hydrogens (tertiary/aromatic N) is 1. The number of halogens is 1. The average molecular weight is 133 g/mol. The first-order chi connectivity index (χ1) is 4.18. The van der Waals surface area contributed by atoms with Gasteiger partial charge in [0.1, 0.15) is 6.17 Å². The van der Waals surface area contributed by atoms with Crippen molar-refractivity contribution in [1.29, 1.82) is 0 Å². The molecule has 0 saturated carbocycles. The molecule has 0 aromatic carbocycles. The Kier molecular flexibility index (Phi) is 2.00. The minimum Gasteiger partial charge on any atom is -0.326 e. The standard InChI is InChI=1S/C5H12FN3/c6-4-1-5(7)3-9(8)2-4/h4-5H,1-3,7-8H2/t4-,5-/m1/s1. The molecule has 0 spiro atoms. The third-order valence-corrected chi connectivity index (χ3v) is 1.46. The fourth-order valence-electron chi connectivity index (χ4n) is 1.11. The first kappa shape index (κ1) is 6.92. The van der Waals surface area contributed by atoms with Gasteiger partial charge in [0.25, 0.3) is 0 Å². The Morgan fingerprint density at radius 1 is 1.44 bits per heavy atom. The Bertz CT molecular complexity index is 73.2. The Morgan fingerprint density at radius 3 is 2.56 bits per heavy atom. The van der Waals surface area contributed by atoms with E-state index in [1.165, 1.54) is 5.01 Å². The van der Waals surface area contributed by atoms with Crippen molar-refractivity contribution in [2.24, 2.45) is 11.6 Å². The van der Waals surface area contributed by atoms with Crippen LogP contribution in [-0.2, 0) is 0 Å². The van der Waals surface area contributed by atoms with Crippen molar-refractivity contribution in [2.45, 2.75) is 18.6 Å². The lowest BCUT2D eigenvalue weighted by atomic mass is 10.1. The zero-order valence-electron chi connectivity index (χ0n) is 5.26. The molecule has 0 unspecified atom stereocenters. The smallest absolute Gasteiger partial charge is 0.116 e. The summed E-state index contributed by atoms with van der Waals surface area (Å²) in [6.45, 7) is 0.939. The van der Waals surface area contributed by atoms with Gasteiger partial charge in [-0.1, -0.05) is 0 Å².